The number of nitrogens with one attached hydrogen (secondary N) is 1. The molecular weight excluding hydrogens is 264 g/mol. The molecule has 0 spiro atoms. The molecule has 5 nitrogen and oxygen atoms in total. The molecule has 0 bridgehead atoms. The van der Waals surface area contributed by atoms with E-state index in [1.807, 2.05) is 19.5 Å². The number of nitrogens with zero attached hydrogens (tertiary/aromatic N) is 1. The summed E-state index contributed by atoms with van der Waals surface area (Å²) >= 11 is 0. The van der Waals surface area contributed by atoms with E-state index in [4.69, 9.17) is 0 Å². The highest BCUT2D eigenvalue weighted by Gasteiger charge is 2.00. The summed E-state index contributed by atoms with van der Waals surface area (Å²) in [7, 11) is -4.27. The SMILES string of the molecule is CCC[NH+]1C=CN=C1.Cc1ccc(S(=O)(=O)[O-])cc1. The Hall–Kier alpha value is -1.50. The number of hydrogen-bond acceptors (Lipinski definition) is 4. The molecule has 0 aromatic heterocycles. The van der Waals surface area contributed by atoms with E-state index in [9.17, 15) is 13.0 Å². The lowest BCUT2D eigenvalue weighted by molar-refractivity contribution is -0.736. The van der Waals surface area contributed by atoms with Crippen LogP contribution in [0.4, 0.5) is 0 Å². The third kappa shape index (κ3) is 5.78. The maximum Gasteiger partial charge on any atom is 0.193 e. The van der Waals surface area contributed by atoms with Crippen LogP contribution in [0.25, 0.3) is 0 Å². The van der Waals surface area contributed by atoms with E-state index in [-0.39, 0.29) is 4.90 Å². The fourth-order valence-corrected chi connectivity index (χ4v) is 1.93. The van der Waals surface area contributed by atoms with Crippen LogP contribution in [0, 0.1) is 6.92 Å². The first-order valence-corrected chi connectivity index (χ1v) is 7.42. The van der Waals surface area contributed by atoms with Crippen molar-refractivity contribution in [1.29, 1.82) is 0 Å². The number of aryl methyl sites for hydroxylation is 1. The molecule has 104 valence electrons. The van der Waals surface area contributed by atoms with Gasteiger partial charge in [-0.1, -0.05) is 24.6 Å². The smallest absolute Gasteiger partial charge is 0.193 e. The highest BCUT2D eigenvalue weighted by molar-refractivity contribution is 7.85. The van der Waals surface area contributed by atoms with Crippen LogP contribution in [0.15, 0.2) is 46.6 Å². The molecule has 1 heterocycles. The zero-order valence-corrected chi connectivity index (χ0v) is 11.9. The van der Waals surface area contributed by atoms with Crippen molar-refractivity contribution < 1.29 is 17.9 Å². The second-order valence-corrected chi connectivity index (χ2v) is 5.57. The van der Waals surface area contributed by atoms with E-state index in [2.05, 4.69) is 18.1 Å². The standard InChI is InChI=1S/C7H8O3S.C6H10N2/c1-6-2-4-7(5-3-6)11(8,9)10;1-2-4-8-5-3-7-6-8/h2-5H,1H3,(H,8,9,10);3,5-6H,2,4H2,1H3. The first-order valence-electron chi connectivity index (χ1n) is 6.01. The Morgan fingerprint density at radius 2 is 1.89 bits per heavy atom. The molecule has 1 aromatic carbocycles. The molecule has 1 aliphatic heterocycles. The van der Waals surface area contributed by atoms with Crippen LogP contribution in [0.2, 0.25) is 0 Å². The van der Waals surface area contributed by atoms with Crippen LogP contribution in [0.5, 0.6) is 0 Å². The van der Waals surface area contributed by atoms with Gasteiger partial charge < -0.3 is 4.55 Å². The topological polar surface area (TPSA) is 74.0 Å². The van der Waals surface area contributed by atoms with Gasteiger partial charge in [0, 0.05) is 0 Å². The molecule has 1 unspecified atom stereocenters. The minimum Gasteiger partial charge on any atom is -0.744 e. The molecule has 0 amide bonds. The van der Waals surface area contributed by atoms with E-state index in [1.54, 1.807) is 12.1 Å². The van der Waals surface area contributed by atoms with Gasteiger partial charge in [0.25, 0.3) is 0 Å². The quantitative estimate of drug-likeness (QED) is 0.829. The Bertz CT molecular complexity index is 536. The van der Waals surface area contributed by atoms with Crippen molar-refractivity contribution in [3.63, 3.8) is 0 Å². The van der Waals surface area contributed by atoms with Crippen LogP contribution in [-0.4, -0.2) is 25.9 Å². The maximum atomic E-state index is 10.4. The molecule has 1 N–H and O–H groups in total. The zero-order chi connectivity index (χ0) is 14.3. The average molecular weight is 282 g/mol. The summed E-state index contributed by atoms with van der Waals surface area (Å²) in [5, 5.41) is 0. The van der Waals surface area contributed by atoms with Crippen LogP contribution in [-0.2, 0) is 10.1 Å². The lowest BCUT2D eigenvalue weighted by Crippen LogP contribution is -3.05. The Morgan fingerprint density at radius 3 is 2.32 bits per heavy atom. The van der Waals surface area contributed by atoms with Crippen molar-refractivity contribution in [2.75, 3.05) is 6.54 Å². The van der Waals surface area contributed by atoms with Crippen molar-refractivity contribution in [3.05, 3.63) is 42.2 Å². The van der Waals surface area contributed by atoms with E-state index >= 15 is 0 Å². The van der Waals surface area contributed by atoms with Crippen LogP contribution in [0.1, 0.15) is 18.9 Å². The van der Waals surface area contributed by atoms with Gasteiger partial charge >= 0.3 is 0 Å². The molecule has 0 fully saturated rings. The van der Waals surface area contributed by atoms with Gasteiger partial charge in [0.2, 0.25) is 0 Å². The first-order chi connectivity index (χ1) is 8.93. The summed E-state index contributed by atoms with van der Waals surface area (Å²) in [6, 6.07) is 5.78. The fraction of sp³-hybridized carbons (Fsp3) is 0.308. The summed E-state index contributed by atoms with van der Waals surface area (Å²) in [6.45, 7) is 5.16. The van der Waals surface area contributed by atoms with Gasteiger partial charge in [-0.2, -0.15) is 0 Å². The Balaban J connectivity index is 0.000000200. The lowest BCUT2D eigenvalue weighted by atomic mass is 10.2. The van der Waals surface area contributed by atoms with E-state index in [0.29, 0.717) is 0 Å². The van der Waals surface area contributed by atoms with Crippen molar-refractivity contribution in [3.8, 4) is 0 Å². The first kappa shape index (κ1) is 15.6. The van der Waals surface area contributed by atoms with E-state index < -0.39 is 10.1 Å². The van der Waals surface area contributed by atoms with Gasteiger partial charge in [0.05, 0.1) is 17.6 Å². The van der Waals surface area contributed by atoms with Crippen molar-refractivity contribution in [2.24, 2.45) is 4.99 Å². The number of benzene rings is 1. The zero-order valence-electron chi connectivity index (χ0n) is 11.0. The van der Waals surface area contributed by atoms with Crippen LogP contribution < -0.4 is 4.90 Å². The second-order valence-electron chi connectivity index (χ2n) is 4.19. The number of hydrogen-bond donors (Lipinski definition) is 1. The van der Waals surface area contributed by atoms with Gasteiger partial charge in [-0.15, -0.1) is 0 Å². The van der Waals surface area contributed by atoms with Gasteiger partial charge in [-0.25, -0.2) is 13.4 Å². The van der Waals surface area contributed by atoms with E-state index in [1.165, 1.54) is 30.0 Å². The number of rotatable bonds is 3. The molecule has 0 saturated heterocycles. The third-order valence-electron chi connectivity index (χ3n) is 2.46. The van der Waals surface area contributed by atoms with Gasteiger partial charge in [-0.05, 0) is 25.5 Å². The Morgan fingerprint density at radius 1 is 1.26 bits per heavy atom. The molecule has 2 rings (SSSR count). The Labute approximate surface area is 114 Å². The fourth-order valence-electron chi connectivity index (χ4n) is 1.46. The molecule has 1 aromatic rings. The summed E-state index contributed by atoms with van der Waals surface area (Å²) in [5.41, 5.74) is 0.928. The van der Waals surface area contributed by atoms with Gasteiger partial charge in [0.1, 0.15) is 16.3 Å². The molecule has 1 atom stereocenters. The highest BCUT2D eigenvalue weighted by atomic mass is 32.2. The van der Waals surface area contributed by atoms with Gasteiger partial charge in [-0.3, -0.25) is 4.90 Å². The summed E-state index contributed by atoms with van der Waals surface area (Å²) in [4.78, 5) is 5.12. The molecule has 19 heavy (non-hydrogen) atoms. The van der Waals surface area contributed by atoms with Crippen molar-refractivity contribution in [1.82, 2.24) is 0 Å². The van der Waals surface area contributed by atoms with E-state index in [0.717, 1.165) is 5.56 Å². The normalized spacial score (nSPS) is 17.1. The largest absolute Gasteiger partial charge is 0.744 e. The third-order valence-corrected chi connectivity index (χ3v) is 3.31. The summed E-state index contributed by atoms with van der Waals surface area (Å²) < 4.78 is 31.2. The molecule has 1 aliphatic rings. The summed E-state index contributed by atoms with van der Waals surface area (Å²) in [5.74, 6) is 0. The van der Waals surface area contributed by atoms with Crippen molar-refractivity contribution in [2.45, 2.75) is 25.2 Å². The predicted octanol–water partition coefficient (Wildman–Crippen LogP) is 0.694. The monoisotopic (exact) mass is 282 g/mol. The summed E-state index contributed by atoms with van der Waals surface area (Å²) in [6.07, 6.45) is 7.03. The molecule has 0 saturated carbocycles. The maximum absolute atomic E-state index is 10.4. The molecule has 6 heteroatoms. The molecular formula is C13H18N2O3S. The number of quaternary nitrogens is 1. The second kappa shape index (κ2) is 7.18. The Kier molecular flexibility index (Phi) is 5.88. The minimum absolute atomic E-state index is 0.178. The molecule has 0 radical (unpaired) electrons. The number of aliphatic imine (C=N–C) groups is 1. The lowest BCUT2D eigenvalue weighted by Gasteiger charge is -2.05. The highest BCUT2D eigenvalue weighted by Crippen LogP contribution is 2.08. The van der Waals surface area contributed by atoms with Crippen LogP contribution in [0.3, 0.4) is 0 Å². The average Bonchev–Trinajstić information content (AvgIpc) is 2.83. The van der Waals surface area contributed by atoms with Crippen LogP contribution >= 0.6 is 0 Å². The van der Waals surface area contributed by atoms with Crippen molar-refractivity contribution >= 4 is 16.5 Å². The predicted molar refractivity (Wildman–Crippen MR) is 72.9 cm³/mol. The minimum atomic E-state index is -4.27. The van der Waals surface area contributed by atoms with Gasteiger partial charge in [0.15, 0.2) is 6.34 Å². The molecule has 0 aliphatic carbocycles.